The maximum absolute atomic E-state index is 13.5. The minimum Gasteiger partial charge on any atom is -0.460 e. The van der Waals surface area contributed by atoms with Gasteiger partial charge in [-0.2, -0.15) is 0 Å². The first-order valence-corrected chi connectivity index (χ1v) is 12.0. The summed E-state index contributed by atoms with van der Waals surface area (Å²) in [6.45, 7) is 4.78. The van der Waals surface area contributed by atoms with Crippen molar-refractivity contribution in [2.24, 2.45) is 0 Å². The molecule has 2 aromatic rings. The standard InChI is InChI=1S/C25H26ClNO4S/c1-3-30-10-11-31-25(29)22-15(2)27-19-13-16(21-9-6-12-32-21)14-20(28)24(19)23(22)17-7-4-5-8-18(17)26/h4-9,12,16,23,27H,3,10-11,13-14H2,1-2H3/t16-,23+/m1/s1. The van der Waals surface area contributed by atoms with Gasteiger partial charge in [-0.15, -0.1) is 11.3 Å². The minimum atomic E-state index is -0.559. The maximum Gasteiger partial charge on any atom is 0.336 e. The van der Waals surface area contributed by atoms with Gasteiger partial charge in [0, 0.05) is 51.7 Å². The number of benzene rings is 1. The summed E-state index contributed by atoms with van der Waals surface area (Å²) < 4.78 is 10.8. The van der Waals surface area contributed by atoms with E-state index < -0.39 is 11.9 Å². The number of Topliss-reactive ketones (excluding diaryl/α,β-unsaturated/α-hetero) is 1. The van der Waals surface area contributed by atoms with Gasteiger partial charge in [0.1, 0.15) is 6.61 Å². The van der Waals surface area contributed by atoms with Crippen molar-refractivity contribution in [2.45, 2.75) is 38.5 Å². The molecule has 0 saturated heterocycles. The van der Waals surface area contributed by atoms with Gasteiger partial charge < -0.3 is 14.8 Å². The monoisotopic (exact) mass is 471 g/mol. The molecule has 5 nitrogen and oxygen atoms in total. The van der Waals surface area contributed by atoms with Crippen LogP contribution in [-0.4, -0.2) is 31.6 Å². The second-order valence-electron chi connectivity index (χ2n) is 7.89. The molecule has 168 valence electrons. The molecule has 0 unspecified atom stereocenters. The highest BCUT2D eigenvalue weighted by Crippen LogP contribution is 2.47. The third kappa shape index (κ3) is 4.53. The number of allylic oxidation sites excluding steroid dienone is 3. The highest BCUT2D eigenvalue weighted by atomic mass is 35.5. The zero-order chi connectivity index (χ0) is 22.7. The summed E-state index contributed by atoms with van der Waals surface area (Å²) in [5.74, 6) is -0.849. The number of hydrogen-bond acceptors (Lipinski definition) is 6. The van der Waals surface area contributed by atoms with E-state index >= 15 is 0 Å². The van der Waals surface area contributed by atoms with Crippen molar-refractivity contribution >= 4 is 34.7 Å². The molecular formula is C25H26ClNO4S. The van der Waals surface area contributed by atoms with Crippen LogP contribution in [0.2, 0.25) is 5.02 Å². The first-order chi connectivity index (χ1) is 15.5. The third-order valence-electron chi connectivity index (χ3n) is 5.87. The molecule has 2 atom stereocenters. The van der Waals surface area contributed by atoms with Gasteiger partial charge in [-0.1, -0.05) is 35.9 Å². The maximum atomic E-state index is 13.5. The topological polar surface area (TPSA) is 64.6 Å². The van der Waals surface area contributed by atoms with Crippen LogP contribution in [0.1, 0.15) is 49.0 Å². The van der Waals surface area contributed by atoms with Crippen molar-refractivity contribution < 1.29 is 19.1 Å². The summed E-state index contributed by atoms with van der Waals surface area (Å²) >= 11 is 8.23. The molecule has 2 heterocycles. The SMILES string of the molecule is CCOCCOC(=O)C1=C(C)NC2=C(C(=O)C[C@H](c3cccs3)C2)[C@H]1c1ccccc1Cl. The van der Waals surface area contributed by atoms with E-state index in [1.807, 2.05) is 43.5 Å². The number of ether oxygens (including phenoxy) is 2. The van der Waals surface area contributed by atoms with Gasteiger partial charge in [0.05, 0.1) is 12.2 Å². The number of esters is 1. The number of carbonyl (C=O) groups is 2. The number of halogens is 1. The van der Waals surface area contributed by atoms with Crippen LogP contribution in [0, 0.1) is 0 Å². The predicted octanol–water partition coefficient (Wildman–Crippen LogP) is 5.34. The lowest BCUT2D eigenvalue weighted by Gasteiger charge is -2.36. The molecule has 0 radical (unpaired) electrons. The molecule has 0 bridgehead atoms. The van der Waals surface area contributed by atoms with Crippen LogP contribution in [0.25, 0.3) is 0 Å². The number of dihydropyridines is 1. The average molecular weight is 472 g/mol. The van der Waals surface area contributed by atoms with Crippen molar-refractivity contribution in [1.82, 2.24) is 5.32 Å². The van der Waals surface area contributed by atoms with Crippen LogP contribution < -0.4 is 5.32 Å². The van der Waals surface area contributed by atoms with Crippen LogP contribution in [0.5, 0.6) is 0 Å². The summed E-state index contributed by atoms with van der Waals surface area (Å²) in [6, 6.07) is 11.5. The lowest BCUT2D eigenvalue weighted by Crippen LogP contribution is -2.36. The van der Waals surface area contributed by atoms with E-state index in [4.69, 9.17) is 21.1 Å². The molecule has 1 N–H and O–H groups in total. The van der Waals surface area contributed by atoms with Gasteiger partial charge in [0.15, 0.2) is 5.78 Å². The van der Waals surface area contributed by atoms with E-state index in [1.54, 1.807) is 17.4 Å². The number of nitrogens with one attached hydrogen (secondary N) is 1. The Morgan fingerprint density at radius 3 is 2.72 bits per heavy atom. The van der Waals surface area contributed by atoms with E-state index in [-0.39, 0.29) is 18.3 Å². The number of hydrogen-bond donors (Lipinski definition) is 1. The summed E-state index contributed by atoms with van der Waals surface area (Å²) in [7, 11) is 0. The van der Waals surface area contributed by atoms with Crippen molar-refractivity contribution in [3.63, 3.8) is 0 Å². The Bertz CT molecular complexity index is 1070. The molecule has 1 aromatic heterocycles. The molecule has 1 aromatic carbocycles. The summed E-state index contributed by atoms with van der Waals surface area (Å²) in [5.41, 5.74) is 3.34. The number of ketones is 1. The van der Waals surface area contributed by atoms with E-state index in [0.29, 0.717) is 47.9 Å². The molecular weight excluding hydrogens is 446 g/mol. The van der Waals surface area contributed by atoms with Crippen molar-refractivity contribution in [1.29, 1.82) is 0 Å². The molecule has 1 aliphatic carbocycles. The first-order valence-electron chi connectivity index (χ1n) is 10.8. The molecule has 2 aliphatic rings. The lowest BCUT2D eigenvalue weighted by molar-refractivity contribution is -0.140. The fourth-order valence-electron chi connectivity index (χ4n) is 4.47. The zero-order valence-corrected chi connectivity index (χ0v) is 19.7. The third-order valence-corrected chi connectivity index (χ3v) is 7.25. The number of thiophene rings is 1. The fraction of sp³-hybridized carbons (Fsp3) is 0.360. The smallest absolute Gasteiger partial charge is 0.336 e. The summed E-state index contributed by atoms with van der Waals surface area (Å²) in [6.07, 6.45) is 1.13. The summed E-state index contributed by atoms with van der Waals surface area (Å²) in [4.78, 5) is 27.8. The Labute approximate surface area is 197 Å². The largest absolute Gasteiger partial charge is 0.460 e. The van der Waals surface area contributed by atoms with E-state index in [0.717, 1.165) is 11.3 Å². The molecule has 1 aliphatic heterocycles. The first kappa shape index (κ1) is 22.8. The summed E-state index contributed by atoms with van der Waals surface area (Å²) in [5, 5.41) is 5.91. The van der Waals surface area contributed by atoms with Gasteiger partial charge in [-0.05, 0) is 43.3 Å². The van der Waals surface area contributed by atoms with Crippen LogP contribution in [0.3, 0.4) is 0 Å². The Kier molecular flexibility index (Phi) is 7.13. The van der Waals surface area contributed by atoms with E-state index in [2.05, 4.69) is 11.4 Å². The molecule has 0 spiro atoms. The molecule has 0 fully saturated rings. The van der Waals surface area contributed by atoms with Gasteiger partial charge in [-0.3, -0.25) is 4.79 Å². The molecule has 4 rings (SSSR count). The quantitative estimate of drug-likeness (QED) is 0.436. The van der Waals surface area contributed by atoms with E-state index in [1.165, 1.54) is 4.88 Å². The molecule has 0 amide bonds. The predicted molar refractivity (Wildman–Crippen MR) is 126 cm³/mol. The second kappa shape index (κ2) is 10.0. The Hall–Kier alpha value is -2.41. The van der Waals surface area contributed by atoms with Crippen molar-refractivity contribution in [2.75, 3.05) is 19.8 Å². The van der Waals surface area contributed by atoms with Crippen molar-refractivity contribution in [3.8, 4) is 0 Å². The van der Waals surface area contributed by atoms with Crippen LogP contribution in [0.4, 0.5) is 0 Å². The Morgan fingerprint density at radius 1 is 1.19 bits per heavy atom. The van der Waals surface area contributed by atoms with E-state index in [9.17, 15) is 9.59 Å². The molecule has 0 saturated carbocycles. The minimum absolute atomic E-state index is 0.0363. The zero-order valence-electron chi connectivity index (χ0n) is 18.2. The van der Waals surface area contributed by atoms with Gasteiger partial charge >= 0.3 is 5.97 Å². The normalized spacial score (nSPS) is 20.8. The molecule has 32 heavy (non-hydrogen) atoms. The van der Waals surface area contributed by atoms with Crippen LogP contribution in [0.15, 0.2) is 64.3 Å². The Morgan fingerprint density at radius 2 is 2.00 bits per heavy atom. The van der Waals surface area contributed by atoms with Gasteiger partial charge in [0.25, 0.3) is 0 Å². The highest BCUT2D eigenvalue weighted by Gasteiger charge is 2.42. The van der Waals surface area contributed by atoms with Crippen molar-refractivity contribution in [3.05, 3.63) is 79.8 Å². The van der Waals surface area contributed by atoms with Gasteiger partial charge in [-0.25, -0.2) is 4.79 Å². The average Bonchev–Trinajstić information content (AvgIpc) is 3.31. The van der Waals surface area contributed by atoms with Crippen LogP contribution in [-0.2, 0) is 19.1 Å². The molecule has 7 heteroatoms. The fourth-order valence-corrected chi connectivity index (χ4v) is 5.55. The Balaban J connectivity index is 1.73. The van der Waals surface area contributed by atoms with Gasteiger partial charge in [0.2, 0.25) is 0 Å². The number of rotatable bonds is 7. The number of carbonyl (C=O) groups excluding carboxylic acids is 2. The lowest BCUT2D eigenvalue weighted by atomic mass is 9.72. The second-order valence-corrected chi connectivity index (χ2v) is 9.27. The van der Waals surface area contributed by atoms with Crippen LogP contribution >= 0.6 is 22.9 Å². The highest BCUT2D eigenvalue weighted by molar-refractivity contribution is 7.10.